The van der Waals surface area contributed by atoms with Gasteiger partial charge in [-0.05, 0) is 104 Å². The third-order valence-electron chi connectivity index (χ3n) is 11.7. The summed E-state index contributed by atoms with van der Waals surface area (Å²) < 4.78 is 10.2. The maximum absolute atomic E-state index is 12.2. The maximum atomic E-state index is 12.2. The van der Waals surface area contributed by atoms with Gasteiger partial charge < -0.3 is 25.0 Å². The SMILES string of the molecule is CCCCCCCC.CCCCCCCCCCSSCCCCCCOC(=O)CCN(CCC)CCCCN(C)CCCN.CCCCCCCCCCSSCCCCCCOC=O. The van der Waals surface area contributed by atoms with Crippen LogP contribution in [0.2, 0.25) is 0 Å². The summed E-state index contributed by atoms with van der Waals surface area (Å²) in [5.41, 5.74) is 5.59. The number of nitrogens with zero attached hydrogens (tertiary/aromatic N) is 2. The maximum Gasteiger partial charge on any atom is 0.307 e. The number of nitrogens with two attached hydrogens (primary N) is 1. The van der Waals surface area contributed by atoms with Crippen LogP contribution in [-0.4, -0.2) is 105 Å². The van der Waals surface area contributed by atoms with Crippen molar-refractivity contribution in [3.05, 3.63) is 0 Å². The fourth-order valence-electron chi connectivity index (χ4n) is 7.39. The highest BCUT2D eigenvalue weighted by atomic mass is 33.1. The van der Waals surface area contributed by atoms with Gasteiger partial charge in [0, 0.05) is 29.6 Å². The first-order valence-electron chi connectivity index (χ1n) is 28.3. The molecule has 0 aromatic carbocycles. The van der Waals surface area contributed by atoms with Gasteiger partial charge >= 0.3 is 5.97 Å². The van der Waals surface area contributed by atoms with Crippen LogP contribution in [0.15, 0.2) is 0 Å². The van der Waals surface area contributed by atoms with Crippen molar-refractivity contribution in [3.63, 3.8) is 0 Å². The highest BCUT2D eigenvalue weighted by Crippen LogP contribution is 2.26. The first-order valence-corrected chi connectivity index (χ1v) is 33.2. The number of hydrogen-bond donors (Lipinski definition) is 1. The van der Waals surface area contributed by atoms with Crippen molar-refractivity contribution in [2.75, 3.05) is 82.5 Å². The van der Waals surface area contributed by atoms with E-state index in [4.69, 9.17) is 10.5 Å². The fraction of sp³-hybridized carbons (Fsp3) is 0.964. The van der Waals surface area contributed by atoms with Crippen LogP contribution >= 0.6 is 43.2 Å². The average molecular weight is 1010 g/mol. The third kappa shape index (κ3) is 68.5. The minimum atomic E-state index is -0.0319. The largest absolute Gasteiger partial charge is 0.468 e. The fourth-order valence-corrected chi connectivity index (χ4v) is 12.0. The molecule has 7 nitrogen and oxygen atoms in total. The van der Waals surface area contributed by atoms with Crippen LogP contribution in [0.4, 0.5) is 0 Å². The van der Waals surface area contributed by atoms with E-state index in [9.17, 15) is 9.59 Å². The molecule has 0 aliphatic rings. The number of carbonyl (C=O) groups is 2. The molecule has 0 saturated carbocycles. The van der Waals surface area contributed by atoms with Gasteiger partial charge in [-0.25, -0.2) is 0 Å². The van der Waals surface area contributed by atoms with E-state index in [2.05, 4.69) is 67.0 Å². The number of ether oxygens (including phenoxy) is 2. The molecule has 0 heterocycles. The summed E-state index contributed by atoms with van der Waals surface area (Å²) in [6.07, 6.45) is 45.5. The quantitative estimate of drug-likeness (QED) is 0.0274. The average Bonchev–Trinajstić information content (AvgIpc) is 3.32. The molecule has 0 aliphatic carbocycles. The van der Waals surface area contributed by atoms with Crippen LogP contribution in [0.1, 0.15) is 259 Å². The van der Waals surface area contributed by atoms with Gasteiger partial charge in [0.15, 0.2) is 0 Å². The van der Waals surface area contributed by atoms with Crippen LogP contribution in [0, 0.1) is 0 Å². The summed E-state index contributed by atoms with van der Waals surface area (Å²) in [6.45, 7) is 18.9. The zero-order valence-electron chi connectivity index (χ0n) is 45.0. The summed E-state index contributed by atoms with van der Waals surface area (Å²) in [5, 5.41) is 0. The van der Waals surface area contributed by atoms with Gasteiger partial charge in [0.2, 0.25) is 0 Å². The summed E-state index contributed by atoms with van der Waals surface area (Å²) >= 11 is 0. The Morgan fingerprint density at radius 3 is 1.18 bits per heavy atom. The van der Waals surface area contributed by atoms with Gasteiger partial charge in [-0.3, -0.25) is 9.59 Å². The topological polar surface area (TPSA) is 85.1 Å². The molecular weight excluding hydrogens is 895 g/mol. The van der Waals surface area contributed by atoms with Gasteiger partial charge in [-0.1, -0.05) is 232 Å². The van der Waals surface area contributed by atoms with Crippen molar-refractivity contribution in [2.24, 2.45) is 5.73 Å². The second kappa shape index (κ2) is 67.3. The second-order valence-corrected chi connectivity index (χ2v) is 23.8. The van der Waals surface area contributed by atoms with Gasteiger partial charge in [0.05, 0.1) is 19.6 Å². The second-order valence-electron chi connectivity index (χ2n) is 18.4. The van der Waals surface area contributed by atoms with Crippen molar-refractivity contribution < 1.29 is 19.1 Å². The Balaban J connectivity index is -0.00000114. The first-order chi connectivity index (χ1) is 32.5. The predicted molar refractivity (Wildman–Crippen MR) is 306 cm³/mol. The molecular formula is C55H115N3O4S4. The highest BCUT2D eigenvalue weighted by molar-refractivity contribution is 8.77. The standard InChI is InChI=1S/C30H63N3O2S2.C17H34O2S2.C8H18/c1-4-6-7-8-9-10-12-17-28-36-37-29-18-13-11-16-27-35-30(34)20-26-33(22-5-2)25-15-14-23-32(3)24-19-21-31;1-2-3-4-5-6-7-9-12-15-20-21-16-13-10-8-11-14-19-17-18;1-3-5-7-8-6-4-2/h4-29,31H2,1-3H3;17H,2-16H2,1H3;3-8H2,1-2H3. The highest BCUT2D eigenvalue weighted by Gasteiger charge is 2.09. The Morgan fingerprint density at radius 2 is 0.788 bits per heavy atom. The van der Waals surface area contributed by atoms with E-state index in [0.717, 1.165) is 71.4 Å². The van der Waals surface area contributed by atoms with Crippen molar-refractivity contribution >= 4 is 55.6 Å². The molecule has 0 aromatic heterocycles. The van der Waals surface area contributed by atoms with E-state index in [1.807, 2.05) is 32.4 Å². The predicted octanol–water partition coefficient (Wildman–Crippen LogP) is 17.4. The van der Waals surface area contributed by atoms with E-state index in [1.165, 1.54) is 209 Å². The number of rotatable bonds is 53. The molecule has 0 radical (unpaired) electrons. The molecule has 0 amide bonds. The minimum Gasteiger partial charge on any atom is -0.468 e. The van der Waals surface area contributed by atoms with Gasteiger partial charge in [0.1, 0.15) is 0 Å². The lowest BCUT2D eigenvalue weighted by atomic mass is 10.1. The number of hydrogen-bond acceptors (Lipinski definition) is 11. The Kier molecular flexibility index (Phi) is 71.9. The zero-order valence-corrected chi connectivity index (χ0v) is 48.3. The van der Waals surface area contributed by atoms with Crippen LogP contribution in [0.5, 0.6) is 0 Å². The lowest BCUT2D eigenvalue weighted by Gasteiger charge is -2.22. The lowest BCUT2D eigenvalue weighted by molar-refractivity contribution is -0.144. The Labute approximate surface area is 429 Å². The summed E-state index contributed by atoms with van der Waals surface area (Å²) in [5.74, 6) is 5.09. The molecule has 0 aliphatic heterocycles. The van der Waals surface area contributed by atoms with Gasteiger partial charge in [-0.15, -0.1) is 0 Å². The molecule has 0 rings (SSSR count). The number of carbonyl (C=O) groups excluding carboxylic acids is 2. The van der Waals surface area contributed by atoms with E-state index < -0.39 is 0 Å². The van der Waals surface area contributed by atoms with Crippen molar-refractivity contribution in [3.8, 4) is 0 Å². The third-order valence-corrected chi connectivity index (χ3v) is 16.8. The van der Waals surface area contributed by atoms with Crippen LogP contribution < -0.4 is 5.73 Å². The summed E-state index contributed by atoms with van der Waals surface area (Å²) in [7, 11) is 10.3. The first kappa shape index (κ1) is 70.5. The molecule has 0 bridgehead atoms. The molecule has 0 fully saturated rings. The number of esters is 1. The van der Waals surface area contributed by atoms with E-state index >= 15 is 0 Å². The van der Waals surface area contributed by atoms with E-state index in [0.29, 0.717) is 26.1 Å². The normalized spacial score (nSPS) is 11.1. The molecule has 66 heavy (non-hydrogen) atoms. The Bertz CT molecular complexity index is 876. The Morgan fingerprint density at radius 1 is 0.424 bits per heavy atom. The molecule has 2 N–H and O–H groups in total. The Hall–Kier alpha value is 0.220. The van der Waals surface area contributed by atoms with Crippen molar-refractivity contribution in [1.29, 1.82) is 0 Å². The van der Waals surface area contributed by atoms with Crippen LogP contribution in [0.3, 0.4) is 0 Å². The zero-order chi connectivity index (χ0) is 48.9. The van der Waals surface area contributed by atoms with Gasteiger partial charge in [-0.2, -0.15) is 0 Å². The smallest absolute Gasteiger partial charge is 0.307 e. The lowest BCUT2D eigenvalue weighted by Crippen LogP contribution is -2.30. The molecule has 0 aromatic rings. The van der Waals surface area contributed by atoms with Crippen LogP contribution in [0.25, 0.3) is 0 Å². The molecule has 398 valence electrons. The molecule has 11 heteroatoms. The van der Waals surface area contributed by atoms with Crippen molar-refractivity contribution in [1.82, 2.24) is 9.80 Å². The summed E-state index contributed by atoms with van der Waals surface area (Å²) in [6, 6.07) is 0. The summed E-state index contributed by atoms with van der Waals surface area (Å²) in [4.78, 5) is 26.9. The van der Waals surface area contributed by atoms with Crippen LogP contribution in [-0.2, 0) is 19.1 Å². The van der Waals surface area contributed by atoms with Gasteiger partial charge in [0.25, 0.3) is 6.47 Å². The monoisotopic (exact) mass is 1010 g/mol. The molecule has 0 unspecified atom stereocenters. The van der Waals surface area contributed by atoms with E-state index in [-0.39, 0.29) is 5.97 Å². The van der Waals surface area contributed by atoms with E-state index in [1.54, 1.807) is 0 Å². The molecule has 0 spiro atoms. The molecule has 0 atom stereocenters. The number of unbranched alkanes of at least 4 members (excludes halogenated alkanes) is 26. The van der Waals surface area contributed by atoms with Crippen molar-refractivity contribution in [2.45, 2.75) is 259 Å². The minimum absolute atomic E-state index is 0.0319. The molecule has 0 saturated heterocycles.